The van der Waals surface area contributed by atoms with Crippen LogP contribution in [0.2, 0.25) is 0 Å². The van der Waals surface area contributed by atoms with Crippen molar-refractivity contribution in [2.75, 3.05) is 6.54 Å². The Balaban J connectivity index is 1.43. The van der Waals surface area contributed by atoms with E-state index in [4.69, 9.17) is 0 Å². The number of hydrogen-bond acceptors (Lipinski definition) is 3. The predicted octanol–water partition coefficient (Wildman–Crippen LogP) is 2.59. The van der Waals surface area contributed by atoms with Gasteiger partial charge in [-0.15, -0.1) is 5.10 Å². The van der Waals surface area contributed by atoms with Gasteiger partial charge in [-0.1, -0.05) is 35.5 Å². The van der Waals surface area contributed by atoms with E-state index >= 15 is 0 Å². The molecule has 0 bridgehead atoms. The number of hydrogen-bond donors (Lipinski definition) is 0. The highest BCUT2D eigenvalue weighted by atomic mass is 16.2. The molecule has 0 spiro atoms. The number of aromatic nitrogens is 4. The summed E-state index contributed by atoms with van der Waals surface area (Å²) in [6.07, 6.45) is 6.39. The van der Waals surface area contributed by atoms with Crippen molar-refractivity contribution >= 4 is 5.91 Å². The number of amides is 1. The van der Waals surface area contributed by atoms with Gasteiger partial charge in [0.1, 0.15) is 6.54 Å². The predicted molar refractivity (Wildman–Crippen MR) is 96.4 cm³/mol. The molecular formula is C20H21N5O. The molecule has 5 rings (SSSR count). The van der Waals surface area contributed by atoms with E-state index in [1.165, 1.54) is 12.8 Å². The smallest absolute Gasteiger partial charge is 0.245 e. The Morgan fingerprint density at radius 2 is 1.92 bits per heavy atom. The number of benzene rings is 1. The highest BCUT2D eigenvalue weighted by Crippen LogP contribution is 2.38. The zero-order valence-corrected chi connectivity index (χ0v) is 14.5. The SMILES string of the molecule is O=C(Cn1cc(C2CC2)nn1)N1CCn2cccc2[C@H]1c1ccccc1. The third-order valence-electron chi connectivity index (χ3n) is 5.32. The van der Waals surface area contributed by atoms with Crippen LogP contribution < -0.4 is 0 Å². The van der Waals surface area contributed by atoms with Gasteiger partial charge < -0.3 is 9.47 Å². The summed E-state index contributed by atoms with van der Waals surface area (Å²) in [6, 6.07) is 14.3. The van der Waals surface area contributed by atoms with Crippen LogP contribution in [-0.4, -0.2) is 36.9 Å². The van der Waals surface area contributed by atoms with Crippen molar-refractivity contribution in [1.82, 2.24) is 24.5 Å². The van der Waals surface area contributed by atoms with Gasteiger partial charge in [0.25, 0.3) is 0 Å². The van der Waals surface area contributed by atoms with E-state index in [1.54, 1.807) is 4.68 Å². The van der Waals surface area contributed by atoms with Crippen LogP contribution in [-0.2, 0) is 17.9 Å². The Morgan fingerprint density at radius 1 is 1.08 bits per heavy atom. The third kappa shape index (κ3) is 2.71. The lowest BCUT2D eigenvalue weighted by Gasteiger charge is -2.37. The minimum Gasteiger partial charge on any atom is -0.348 e. The van der Waals surface area contributed by atoms with Gasteiger partial charge in [-0.25, -0.2) is 4.68 Å². The molecule has 1 fully saturated rings. The second-order valence-corrected chi connectivity index (χ2v) is 7.14. The van der Waals surface area contributed by atoms with Crippen molar-refractivity contribution in [1.29, 1.82) is 0 Å². The summed E-state index contributed by atoms with van der Waals surface area (Å²) >= 11 is 0. The van der Waals surface area contributed by atoms with E-state index in [9.17, 15) is 4.79 Å². The van der Waals surface area contributed by atoms with Crippen LogP contribution >= 0.6 is 0 Å². The first-order valence-electron chi connectivity index (χ1n) is 9.19. The molecule has 1 saturated carbocycles. The Labute approximate surface area is 152 Å². The highest BCUT2D eigenvalue weighted by molar-refractivity contribution is 5.77. The van der Waals surface area contributed by atoms with Crippen LogP contribution in [0.3, 0.4) is 0 Å². The summed E-state index contributed by atoms with van der Waals surface area (Å²) in [4.78, 5) is 15.1. The molecule has 1 aliphatic carbocycles. The summed E-state index contributed by atoms with van der Waals surface area (Å²) in [5.41, 5.74) is 3.32. The molecule has 1 aliphatic heterocycles. The van der Waals surface area contributed by atoms with Crippen molar-refractivity contribution in [2.45, 2.75) is 37.9 Å². The standard InChI is InChI=1S/C20H21N5O/c26-19(14-24-13-17(21-22-24)15-8-9-15)25-12-11-23-10-4-7-18(23)20(25)16-5-2-1-3-6-16/h1-7,10,13,15,20H,8-9,11-12,14H2/t20-/m1/s1. The van der Waals surface area contributed by atoms with Gasteiger partial charge >= 0.3 is 0 Å². The molecule has 0 N–H and O–H groups in total. The number of fused-ring (bicyclic) bond motifs is 1. The van der Waals surface area contributed by atoms with Gasteiger partial charge in [-0.2, -0.15) is 0 Å². The van der Waals surface area contributed by atoms with Crippen LogP contribution in [0.4, 0.5) is 0 Å². The van der Waals surface area contributed by atoms with Crippen molar-refractivity contribution in [2.24, 2.45) is 0 Å². The van der Waals surface area contributed by atoms with Gasteiger partial charge in [0.05, 0.1) is 11.7 Å². The molecule has 6 nitrogen and oxygen atoms in total. The summed E-state index contributed by atoms with van der Waals surface area (Å²) < 4.78 is 3.92. The van der Waals surface area contributed by atoms with Gasteiger partial charge in [0, 0.05) is 37.1 Å². The lowest BCUT2D eigenvalue weighted by molar-refractivity contribution is -0.134. The van der Waals surface area contributed by atoms with E-state index in [2.05, 4.69) is 45.3 Å². The Kier molecular flexibility index (Phi) is 3.62. The minimum absolute atomic E-state index is 0.0566. The van der Waals surface area contributed by atoms with Gasteiger partial charge in [0.2, 0.25) is 5.91 Å². The summed E-state index contributed by atoms with van der Waals surface area (Å²) in [7, 11) is 0. The average Bonchev–Trinajstić information content (AvgIpc) is 3.23. The molecule has 26 heavy (non-hydrogen) atoms. The van der Waals surface area contributed by atoms with Crippen molar-refractivity contribution in [3.63, 3.8) is 0 Å². The van der Waals surface area contributed by atoms with E-state index < -0.39 is 0 Å². The van der Waals surface area contributed by atoms with E-state index in [0.29, 0.717) is 12.5 Å². The van der Waals surface area contributed by atoms with Crippen LogP contribution in [0.15, 0.2) is 54.9 Å². The maximum Gasteiger partial charge on any atom is 0.245 e. The summed E-state index contributed by atoms with van der Waals surface area (Å²) in [5, 5.41) is 8.38. The molecule has 132 valence electrons. The lowest BCUT2D eigenvalue weighted by Crippen LogP contribution is -2.43. The first kappa shape index (κ1) is 15.4. The molecule has 2 aliphatic rings. The fraction of sp³-hybridized carbons (Fsp3) is 0.350. The second-order valence-electron chi connectivity index (χ2n) is 7.14. The maximum atomic E-state index is 13.1. The number of carbonyl (C=O) groups excluding carboxylic acids is 1. The molecule has 3 aromatic rings. The molecule has 1 amide bonds. The van der Waals surface area contributed by atoms with E-state index in [0.717, 1.165) is 23.5 Å². The van der Waals surface area contributed by atoms with E-state index in [-0.39, 0.29) is 18.5 Å². The fourth-order valence-corrected chi connectivity index (χ4v) is 3.82. The molecule has 6 heteroatoms. The summed E-state index contributed by atoms with van der Waals surface area (Å²) in [5.74, 6) is 0.632. The highest BCUT2D eigenvalue weighted by Gasteiger charge is 2.32. The zero-order chi connectivity index (χ0) is 17.5. The third-order valence-corrected chi connectivity index (χ3v) is 5.32. The molecule has 1 atom stereocenters. The quantitative estimate of drug-likeness (QED) is 0.729. The monoisotopic (exact) mass is 347 g/mol. The molecular weight excluding hydrogens is 326 g/mol. The second kappa shape index (κ2) is 6.12. The Hall–Kier alpha value is -2.89. The van der Waals surface area contributed by atoms with Gasteiger partial charge in [-0.05, 0) is 30.5 Å². The maximum absolute atomic E-state index is 13.1. The van der Waals surface area contributed by atoms with Crippen molar-refractivity contribution in [3.05, 3.63) is 71.8 Å². The Morgan fingerprint density at radius 3 is 2.73 bits per heavy atom. The molecule has 1 aromatic carbocycles. The molecule has 2 aromatic heterocycles. The zero-order valence-electron chi connectivity index (χ0n) is 14.5. The first-order valence-corrected chi connectivity index (χ1v) is 9.19. The topological polar surface area (TPSA) is 56.0 Å². The molecule has 0 radical (unpaired) electrons. The van der Waals surface area contributed by atoms with Crippen LogP contribution in [0.1, 0.15) is 41.8 Å². The molecule has 0 unspecified atom stereocenters. The Bertz CT molecular complexity index is 925. The van der Waals surface area contributed by atoms with Crippen LogP contribution in [0.5, 0.6) is 0 Å². The van der Waals surface area contributed by atoms with E-state index in [1.807, 2.05) is 29.3 Å². The van der Waals surface area contributed by atoms with Gasteiger partial charge in [0.15, 0.2) is 0 Å². The largest absolute Gasteiger partial charge is 0.348 e. The lowest BCUT2D eigenvalue weighted by atomic mass is 10.00. The average molecular weight is 347 g/mol. The number of nitrogens with zero attached hydrogens (tertiary/aromatic N) is 5. The normalized spacial score (nSPS) is 19.4. The fourth-order valence-electron chi connectivity index (χ4n) is 3.82. The van der Waals surface area contributed by atoms with Gasteiger partial charge in [-0.3, -0.25) is 4.79 Å². The van der Waals surface area contributed by atoms with Crippen LogP contribution in [0, 0.1) is 0 Å². The first-order chi connectivity index (χ1) is 12.8. The molecule has 3 heterocycles. The van der Waals surface area contributed by atoms with Crippen molar-refractivity contribution in [3.8, 4) is 0 Å². The molecule has 0 saturated heterocycles. The number of carbonyl (C=O) groups is 1. The minimum atomic E-state index is -0.0566. The number of rotatable bonds is 4. The van der Waals surface area contributed by atoms with Crippen molar-refractivity contribution < 1.29 is 4.79 Å². The summed E-state index contributed by atoms with van der Waals surface area (Å²) in [6.45, 7) is 1.76. The van der Waals surface area contributed by atoms with Crippen LogP contribution in [0.25, 0.3) is 0 Å².